The van der Waals surface area contributed by atoms with Crippen LogP contribution in [0.4, 0.5) is 4.39 Å². The van der Waals surface area contributed by atoms with Gasteiger partial charge in [-0.25, -0.2) is 17.5 Å². The van der Waals surface area contributed by atoms with Crippen LogP contribution in [0.1, 0.15) is 31.7 Å². The Hall–Kier alpha value is -1.49. The molecule has 1 aliphatic rings. The summed E-state index contributed by atoms with van der Waals surface area (Å²) in [6.07, 6.45) is 2.12. The second-order valence-corrected chi connectivity index (χ2v) is 7.29. The first-order valence-electron chi connectivity index (χ1n) is 6.66. The Bertz CT molecular complexity index is 684. The molecule has 0 aliphatic heterocycles. The molecule has 0 amide bonds. The van der Waals surface area contributed by atoms with Crippen LogP contribution in [0.5, 0.6) is 0 Å². The molecule has 0 spiro atoms. The normalized spacial score (nSPS) is 25.7. The highest BCUT2D eigenvalue weighted by Gasteiger charge is 2.41. The highest BCUT2D eigenvalue weighted by atomic mass is 32.2. The average Bonchev–Trinajstić information content (AvgIpc) is 2.80. The van der Waals surface area contributed by atoms with Crippen LogP contribution in [0.25, 0.3) is 0 Å². The van der Waals surface area contributed by atoms with E-state index in [0.717, 1.165) is 12.5 Å². The predicted molar refractivity (Wildman–Crippen MR) is 74.3 cm³/mol. The van der Waals surface area contributed by atoms with Crippen LogP contribution in [0.3, 0.4) is 0 Å². The molecular formula is C14H17FN2O3S. The fraction of sp³-hybridized carbons (Fsp3) is 0.500. The number of halogens is 1. The van der Waals surface area contributed by atoms with Crippen molar-refractivity contribution >= 4 is 10.0 Å². The van der Waals surface area contributed by atoms with E-state index >= 15 is 0 Å². The molecule has 5 nitrogen and oxygen atoms in total. The highest BCUT2D eigenvalue weighted by Crippen LogP contribution is 2.38. The molecule has 0 radical (unpaired) electrons. The number of aliphatic hydroxyl groups is 1. The third-order valence-electron chi connectivity index (χ3n) is 4.12. The SMILES string of the molecule is C[C@]1(CO)CCC[C@@H]1NS(=O)(=O)c1cccc(F)c1C#N. The quantitative estimate of drug-likeness (QED) is 0.882. The Morgan fingerprint density at radius 1 is 1.57 bits per heavy atom. The van der Waals surface area contributed by atoms with Crippen molar-refractivity contribution in [3.63, 3.8) is 0 Å². The van der Waals surface area contributed by atoms with E-state index in [1.807, 2.05) is 6.92 Å². The third kappa shape index (κ3) is 2.93. The summed E-state index contributed by atoms with van der Waals surface area (Å²) in [6, 6.07) is 4.66. The summed E-state index contributed by atoms with van der Waals surface area (Å²) < 4.78 is 40.9. The van der Waals surface area contributed by atoms with Crippen molar-refractivity contribution in [2.24, 2.45) is 5.41 Å². The van der Waals surface area contributed by atoms with Crippen molar-refractivity contribution in [2.45, 2.75) is 37.1 Å². The van der Waals surface area contributed by atoms with Crippen LogP contribution in [0.2, 0.25) is 0 Å². The summed E-state index contributed by atoms with van der Waals surface area (Å²) in [6.45, 7) is 1.68. The van der Waals surface area contributed by atoms with Gasteiger partial charge in [0, 0.05) is 18.1 Å². The van der Waals surface area contributed by atoms with E-state index in [4.69, 9.17) is 5.26 Å². The molecule has 7 heteroatoms. The maximum atomic E-state index is 13.6. The van der Waals surface area contributed by atoms with Crippen LogP contribution >= 0.6 is 0 Å². The van der Waals surface area contributed by atoms with Gasteiger partial charge < -0.3 is 5.11 Å². The van der Waals surface area contributed by atoms with Gasteiger partial charge in [-0.15, -0.1) is 0 Å². The van der Waals surface area contributed by atoms with Gasteiger partial charge in [0.05, 0.1) is 0 Å². The van der Waals surface area contributed by atoms with E-state index in [2.05, 4.69) is 4.72 Å². The number of hydrogen-bond donors (Lipinski definition) is 2. The van der Waals surface area contributed by atoms with E-state index in [-0.39, 0.29) is 11.5 Å². The number of nitrogens with zero attached hydrogens (tertiary/aromatic N) is 1. The van der Waals surface area contributed by atoms with Crippen molar-refractivity contribution in [1.82, 2.24) is 4.72 Å². The van der Waals surface area contributed by atoms with Gasteiger partial charge >= 0.3 is 0 Å². The maximum absolute atomic E-state index is 13.6. The summed E-state index contributed by atoms with van der Waals surface area (Å²) in [4.78, 5) is -0.364. The molecule has 0 bridgehead atoms. The molecule has 114 valence electrons. The Kier molecular flexibility index (Phi) is 4.33. The zero-order valence-corrected chi connectivity index (χ0v) is 12.5. The Morgan fingerprint density at radius 2 is 2.29 bits per heavy atom. The first-order valence-corrected chi connectivity index (χ1v) is 8.14. The second-order valence-electron chi connectivity index (χ2n) is 5.60. The molecule has 0 unspecified atom stereocenters. The number of rotatable bonds is 4. The number of nitrogens with one attached hydrogen (secondary N) is 1. The van der Waals surface area contributed by atoms with Gasteiger partial charge in [-0.1, -0.05) is 19.4 Å². The first-order chi connectivity index (χ1) is 9.84. The van der Waals surface area contributed by atoms with Crippen molar-refractivity contribution in [3.05, 3.63) is 29.6 Å². The minimum Gasteiger partial charge on any atom is -0.396 e. The molecule has 2 atom stereocenters. The molecule has 0 saturated heterocycles. The average molecular weight is 312 g/mol. The lowest BCUT2D eigenvalue weighted by Gasteiger charge is -2.29. The Labute approximate surface area is 123 Å². The summed E-state index contributed by atoms with van der Waals surface area (Å²) in [5.41, 5.74) is -1.03. The van der Waals surface area contributed by atoms with E-state index in [1.165, 1.54) is 12.1 Å². The van der Waals surface area contributed by atoms with Crippen molar-refractivity contribution in [2.75, 3.05) is 6.61 Å². The Balaban J connectivity index is 2.37. The van der Waals surface area contributed by atoms with E-state index in [0.29, 0.717) is 12.8 Å². The number of sulfonamides is 1. The fourth-order valence-corrected chi connectivity index (χ4v) is 4.28. The number of aliphatic hydroxyl groups excluding tert-OH is 1. The van der Waals surface area contributed by atoms with Gasteiger partial charge in [-0.2, -0.15) is 5.26 Å². The van der Waals surface area contributed by atoms with Gasteiger partial charge in [-0.3, -0.25) is 0 Å². The van der Waals surface area contributed by atoms with E-state index in [1.54, 1.807) is 6.07 Å². The number of nitriles is 1. The van der Waals surface area contributed by atoms with Gasteiger partial charge in [0.25, 0.3) is 0 Å². The highest BCUT2D eigenvalue weighted by molar-refractivity contribution is 7.89. The van der Waals surface area contributed by atoms with Gasteiger partial charge in [-0.05, 0) is 25.0 Å². The number of benzene rings is 1. The molecule has 1 aliphatic carbocycles. The smallest absolute Gasteiger partial charge is 0.242 e. The maximum Gasteiger partial charge on any atom is 0.242 e. The molecule has 21 heavy (non-hydrogen) atoms. The van der Waals surface area contributed by atoms with Crippen molar-refractivity contribution < 1.29 is 17.9 Å². The molecule has 1 aromatic rings. The first kappa shape index (κ1) is 15.9. The molecule has 1 aromatic carbocycles. The lowest BCUT2D eigenvalue weighted by molar-refractivity contribution is 0.127. The molecule has 1 fully saturated rings. The van der Waals surface area contributed by atoms with E-state index in [9.17, 15) is 17.9 Å². The van der Waals surface area contributed by atoms with Crippen LogP contribution in [-0.2, 0) is 10.0 Å². The molecule has 2 rings (SSSR count). The van der Waals surface area contributed by atoms with Crippen molar-refractivity contribution in [3.8, 4) is 6.07 Å². The lowest BCUT2D eigenvalue weighted by atomic mass is 9.86. The van der Waals surface area contributed by atoms with Crippen molar-refractivity contribution in [1.29, 1.82) is 5.26 Å². The summed E-state index contributed by atoms with van der Waals surface area (Å²) in [5, 5.41) is 18.4. The molecule has 0 heterocycles. The zero-order chi connectivity index (χ0) is 15.7. The van der Waals surface area contributed by atoms with E-state index < -0.39 is 32.9 Å². The third-order valence-corrected chi connectivity index (χ3v) is 5.63. The molecule has 0 aromatic heterocycles. The van der Waals surface area contributed by atoms with Gasteiger partial charge in [0.2, 0.25) is 10.0 Å². The zero-order valence-electron chi connectivity index (χ0n) is 11.6. The fourth-order valence-electron chi connectivity index (χ4n) is 2.71. The topological polar surface area (TPSA) is 90.2 Å². The molecular weight excluding hydrogens is 295 g/mol. The molecule has 2 N–H and O–H groups in total. The summed E-state index contributed by atoms with van der Waals surface area (Å²) >= 11 is 0. The van der Waals surface area contributed by atoms with Crippen LogP contribution in [0.15, 0.2) is 23.1 Å². The van der Waals surface area contributed by atoms with Crippen LogP contribution < -0.4 is 4.72 Å². The van der Waals surface area contributed by atoms with Gasteiger partial charge in [0.15, 0.2) is 0 Å². The summed E-state index contributed by atoms with van der Waals surface area (Å²) in [7, 11) is -4.01. The van der Waals surface area contributed by atoms with Gasteiger partial charge in [0.1, 0.15) is 22.3 Å². The largest absolute Gasteiger partial charge is 0.396 e. The standard InChI is InChI=1S/C14H17FN2O3S/c1-14(9-18)7-3-6-13(14)17-21(19,20)12-5-2-4-11(15)10(12)8-16/h2,4-5,13,17-18H,3,6-7,9H2,1H3/t13-,14+/m0/s1. The lowest BCUT2D eigenvalue weighted by Crippen LogP contribution is -2.44. The number of hydrogen-bond acceptors (Lipinski definition) is 4. The monoisotopic (exact) mass is 312 g/mol. The second kappa shape index (κ2) is 5.72. The minimum absolute atomic E-state index is 0.131. The molecule has 1 saturated carbocycles. The predicted octanol–water partition coefficient (Wildman–Crippen LogP) is 1.53. The van der Waals surface area contributed by atoms with Crippen LogP contribution in [-0.4, -0.2) is 26.2 Å². The summed E-state index contributed by atoms with van der Waals surface area (Å²) in [5.74, 6) is -0.864. The Morgan fingerprint density at radius 3 is 2.90 bits per heavy atom. The van der Waals surface area contributed by atoms with Crippen LogP contribution in [0, 0.1) is 22.6 Å². The minimum atomic E-state index is -4.01.